The molecular formula is C16H17N3O5S. The number of hydrogen-bond acceptors (Lipinski definition) is 7. The number of hydrogen-bond donors (Lipinski definition) is 1. The molecular weight excluding hydrogens is 346 g/mol. The standard InChI is InChI=1S/C16H17N3O5S/c1-10-8-13(18-24-10)17-14(20)9-23-16(22)11-4-2-6-19(11)15(21)12-5-3-7-25-12/h3,5,7-8,11H,2,4,6,9H2,1H3,(H,17,18,20)/t11-/m1/s1. The summed E-state index contributed by atoms with van der Waals surface area (Å²) in [5, 5.41) is 7.90. The second-order valence-electron chi connectivity index (χ2n) is 5.61. The molecule has 9 heteroatoms. The molecule has 0 radical (unpaired) electrons. The normalized spacial score (nSPS) is 16.7. The van der Waals surface area contributed by atoms with Crippen molar-refractivity contribution in [2.24, 2.45) is 0 Å². The van der Waals surface area contributed by atoms with Crippen LogP contribution in [0.25, 0.3) is 0 Å². The molecule has 0 aliphatic carbocycles. The maximum absolute atomic E-state index is 12.4. The van der Waals surface area contributed by atoms with Gasteiger partial charge in [-0.25, -0.2) is 4.79 Å². The second kappa shape index (κ2) is 7.47. The lowest BCUT2D eigenvalue weighted by atomic mass is 10.2. The molecule has 2 aromatic rings. The number of thiophene rings is 1. The van der Waals surface area contributed by atoms with E-state index in [0.717, 1.165) is 6.42 Å². The van der Waals surface area contributed by atoms with Gasteiger partial charge in [0.1, 0.15) is 11.8 Å². The Labute approximate surface area is 147 Å². The first-order valence-electron chi connectivity index (χ1n) is 7.79. The average molecular weight is 363 g/mol. The SMILES string of the molecule is Cc1cc(NC(=O)COC(=O)[C@H]2CCCN2C(=O)c2cccs2)no1. The topological polar surface area (TPSA) is 102 Å². The van der Waals surface area contributed by atoms with Gasteiger partial charge in [0.05, 0.1) is 4.88 Å². The Bertz CT molecular complexity index is 771. The summed E-state index contributed by atoms with van der Waals surface area (Å²) in [6.07, 6.45) is 1.25. The maximum Gasteiger partial charge on any atom is 0.329 e. The highest BCUT2D eigenvalue weighted by Crippen LogP contribution is 2.23. The lowest BCUT2D eigenvalue weighted by Gasteiger charge is -2.22. The van der Waals surface area contributed by atoms with E-state index in [9.17, 15) is 14.4 Å². The average Bonchev–Trinajstić information content (AvgIpc) is 3.33. The molecule has 1 N–H and O–H groups in total. The van der Waals surface area contributed by atoms with Gasteiger partial charge in [-0.1, -0.05) is 11.2 Å². The number of carbonyl (C=O) groups excluding carboxylic acids is 3. The summed E-state index contributed by atoms with van der Waals surface area (Å²) in [7, 11) is 0. The molecule has 2 amide bonds. The van der Waals surface area contributed by atoms with E-state index >= 15 is 0 Å². The molecule has 1 atom stereocenters. The molecule has 0 spiro atoms. The van der Waals surface area contributed by atoms with Crippen molar-refractivity contribution in [1.29, 1.82) is 0 Å². The van der Waals surface area contributed by atoms with Crippen LogP contribution in [0.2, 0.25) is 0 Å². The molecule has 0 saturated carbocycles. The monoisotopic (exact) mass is 363 g/mol. The van der Waals surface area contributed by atoms with E-state index in [1.165, 1.54) is 16.2 Å². The first-order chi connectivity index (χ1) is 12.0. The Kier molecular flexibility index (Phi) is 5.13. The first-order valence-corrected chi connectivity index (χ1v) is 8.67. The fourth-order valence-electron chi connectivity index (χ4n) is 2.63. The number of aromatic nitrogens is 1. The van der Waals surface area contributed by atoms with Crippen LogP contribution >= 0.6 is 11.3 Å². The van der Waals surface area contributed by atoms with E-state index in [4.69, 9.17) is 9.26 Å². The van der Waals surface area contributed by atoms with E-state index < -0.39 is 24.5 Å². The van der Waals surface area contributed by atoms with Crippen molar-refractivity contribution in [2.45, 2.75) is 25.8 Å². The van der Waals surface area contributed by atoms with Crippen LogP contribution in [0, 0.1) is 6.92 Å². The minimum absolute atomic E-state index is 0.183. The van der Waals surface area contributed by atoms with Gasteiger partial charge in [0.15, 0.2) is 12.4 Å². The van der Waals surface area contributed by atoms with Crippen molar-refractivity contribution >= 4 is 34.9 Å². The van der Waals surface area contributed by atoms with E-state index in [1.54, 1.807) is 25.1 Å². The minimum Gasteiger partial charge on any atom is -0.454 e. The van der Waals surface area contributed by atoms with Crippen molar-refractivity contribution in [3.8, 4) is 0 Å². The van der Waals surface area contributed by atoms with E-state index in [1.807, 2.05) is 5.38 Å². The first kappa shape index (κ1) is 17.2. The number of esters is 1. The van der Waals surface area contributed by atoms with Gasteiger partial charge in [0.25, 0.3) is 11.8 Å². The molecule has 2 aromatic heterocycles. The van der Waals surface area contributed by atoms with Gasteiger partial charge in [-0.05, 0) is 31.2 Å². The van der Waals surface area contributed by atoms with Crippen LogP contribution in [0.1, 0.15) is 28.3 Å². The fraction of sp³-hybridized carbons (Fsp3) is 0.375. The fourth-order valence-corrected chi connectivity index (χ4v) is 3.31. The number of amides is 2. The summed E-state index contributed by atoms with van der Waals surface area (Å²) in [6, 6.07) is 4.41. The van der Waals surface area contributed by atoms with Crippen LogP contribution in [-0.2, 0) is 14.3 Å². The zero-order chi connectivity index (χ0) is 17.8. The molecule has 132 valence electrons. The molecule has 0 bridgehead atoms. The Balaban J connectivity index is 1.53. The molecule has 25 heavy (non-hydrogen) atoms. The zero-order valence-corrected chi connectivity index (χ0v) is 14.4. The summed E-state index contributed by atoms with van der Waals surface area (Å²) in [5.74, 6) is -0.462. The van der Waals surface area contributed by atoms with Gasteiger partial charge in [-0.3, -0.25) is 9.59 Å². The van der Waals surface area contributed by atoms with Gasteiger partial charge in [0.2, 0.25) is 0 Å². The number of aryl methyl sites for hydroxylation is 1. The lowest BCUT2D eigenvalue weighted by molar-refractivity contribution is -0.151. The Morgan fingerprint density at radius 3 is 3.00 bits per heavy atom. The van der Waals surface area contributed by atoms with Gasteiger partial charge < -0.3 is 19.5 Å². The van der Waals surface area contributed by atoms with Crippen LogP contribution in [-0.4, -0.2) is 47.0 Å². The van der Waals surface area contributed by atoms with Crippen molar-refractivity contribution < 1.29 is 23.6 Å². The third kappa shape index (κ3) is 4.05. The van der Waals surface area contributed by atoms with Crippen LogP contribution in [0.5, 0.6) is 0 Å². The summed E-state index contributed by atoms with van der Waals surface area (Å²) in [4.78, 5) is 38.6. The summed E-state index contributed by atoms with van der Waals surface area (Å²) in [6.45, 7) is 1.76. The van der Waals surface area contributed by atoms with Gasteiger partial charge >= 0.3 is 5.97 Å². The van der Waals surface area contributed by atoms with Gasteiger partial charge in [-0.15, -0.1) is 11.3 Å². The van der Waals surface area contributed by atoms with Gasteiger partial charge in [-0.2, -0.15) is 0 Å². The number of nitrogens with zero attached hydrogens (tertiary/aromatic N) is 2. The lowest BCUT2D eigenvalue weighted by Crippen LogP contribution is -2.41. The van der Waals surface area contributed by atoms with Crippen molar-refractivity contribution in [3.63, 3.8) is 0 Å². The van der Waals surface area contributed by atoms with Crippen LogP contribution < -0.4 is 5.32 Å². The summed E-state index contributed by atoms with van der Waals surface area (Å²) < 4.78 is 9.90. The third-order valence-electron chi connectivity index (χ3n) is 3.76. The largest absolute Gasteiger partial charge is 0.454 e. The quantitative estimate of drug-likeness (QED) is 0.813. The number of carbonyl (C=O) groups is 3. The van der Waals surface area contributed by atoms with Crippen molar-refractivity contribution in [1.82, 2.24) is 10.1 Å². The summed E-state index contributed by atoms with van der Waals surface area (Å²) >= 11 is 1.33. The predicted molar refractivity (Wildman–Crippen MR) is 89.2 cm³/mol. The maximum atomic E-state index is 12.4. The highest BCUT2D eigenvalue weighted by molar-refractivity contribution is 7.12. The Morgan fingerprint density at radius 1 is 1.48 bits per heavy atom. The zero-order valence-electron chi connectivity index (χ0n) is 13.6. The van der Waals surface area contributed by atoms with E-state index in [0.29, 0.717) is 23.6 Å². The molecule has 1 saturated heterocycles. The number of rotatable bonds is 5. The van der Waals surface area contributed by atoms with Crippen LogP contribution in [0.15, 0.2) is 28.1 Å². The Morgan fingerprint density at radius 2 is 2.32 bits per heavy atom. The van der Waals surface area contributed by atoms with Crippen molar-refractivity contribution in [2.75, 3.05) is 18.5 Å². The predicted octanol–water partition coefficient (Wildman–Crippen LogP) is 1.83. The third-order valence-corrected chi connectivity index (χ3v) is 4.62. The van der Waals surface area contributed by atoms with E-state index in [2.05, 4.69) is 10.5 Å². The smallest absolute Gasteiger partial charge is 0.329 e. The highest BCUT2D eigenvalue weighted by Gasteiger charge is 2.36. The highest BCUT2D eigenvalue weighted by atomic mass is 32.1. The molecule has 1 aliphatic rings. The molecule has 1 fully saturated rings. The molecule has 0 aromatic carbocycles. The summed E-state index contributed by atoms with van der Waals surface area (Å²) in [5.41, 5.74) is 0. The van der Waals surface area contributed by atoms with Crippen LogP contribution in [0.4, 0.5) is 5.82 Å². The van der Waals surface area contributed by atoms with E-state index in [-0.39, 0.29) is 11.7 Å². The number of likely N-dealkylation sites (tertiary alicyclic amines) is 1. The number of anilines is 1. The van der Waals surface area contributed by atoms with Gasteiger partial charge in [0, 0.05) is 12.6 Å². The molecule has 0 unspecified atom stereocenters. The second-order valence-corrected chi connectivity index (χ2v) is 6.56. The number of nitrogens with one attached hydrogen (secondary N) is 1. The molecule has 8 nitrogen and oxygen atoms in total. The molecule has 3 rings (SSSR count). The Hall–Kier alpha value is -2.68. The molecule has 1 aliphatic heterocycles. The van der Waals surface area contributed by atoms with Crippen molar-refractivity contribution in [3.05, 3.63) is 34.2 Å². The number of ether oxygens (including phenoxy) is 1. The molecule has 3 heterocycles. The minimum atomic E-state index is -0.656. The van der Waals surface area contributed by atoms with Crippen LogP contribution in [0.3, 0.4) is 0 Å².